The Balaban J connectivity index is 2.08. The molecule has 1 aromatic heterocycles. The first-order chi connectivity index (χ1) is 8.61. The molecule has 7 heteroatoms. The summed E-state index contributed by atoms with van der Waals surface area (Å²) in [6.07, 6.45) is -0.636. The lowest BCUT2D eigenvalue weighted by atomic mass is 10.2. The Morgan fingerprint density at radius 3 is 2.89 bits per heavy atom. The molecular formula is C11H15F2N3OS. The summed E-state index contributed by atoms with van der Waals surface area (Å²) in [7, 11) is 0. The summed E-state index contributed by atoms with van der Waals surface area (Å²) in [6.45, 7) is 0.454. The molecule has 18 heavy (non-hydrogen) atoms. The Morgan fingerprint density at radius 1 is 1.61 bits per heavy atom. The van der Waals surface area contributed by atoms with Crippen molar-refractivity contribution >= 4 is 18.5 Å². The maximum atomic E-state index is 12.6. The molecule has 100 valence electrons. The van der Waals surface area contributed by atoms with E-state index in [1.807, 2.05) is 0 Å². The summed E-state index contributed by atoms with van der Waals surface area (Å²) in [4.78, 5) is 11.6. The van der Waals surface area contributed by atoms with Crippen LogP contribution in [0.2, 0.25) is 0 Å². The maximum Gasteiger partial charge on any atom is 0.282 e. The number of hydrogen-bond donors (Lipinski definition) is 2. The van der Waals surface area contributed by atoms with Crippen LogP contribution in [-0.2, 0) is 11.3 Å². The predicted octanol–water partition coefficient (Wildman–Crippen LogP) is 1.74. The van der Waals surface area contributed by atoms with Crippen molar-refractivity contribution in [1.82, 2.24) is 15.1 Å². The predicted molar refractivity (Wildman–Crippen MR) is 66.0 cm³/mol. The molecule has 1 fully saturated rings. The normalized spacial score (nSPS) is 15.1. The minimum atomic E-state index is -2.59. The average molecular weight is 275 g/mol. The Bertz CT molecular complexity index is 432. The number of carbonyl (C=O) groups excluding carboxylic acids is 1. The van der Waals surface area contributed by atoms with Crippen molar-refractivity contribution in [2.24, 2.45) is 0 Å². The fourth-order valence-electron chi connectivity index (χ4n) is 1.78. The van der Waals surface area contributed by atoms with Gasteiger partial charge in [0.1, 0.15) is 12.2 Å². The van der Waals surface area contributed by atoms with Gasteiger partial charge >= 0.3 is 0 Å². The molecule has 1 aliphatic carbocycles. The molecule has 1 amide bonds. The molecule has 4 nitrogen and oxygen atoms in total. The fraction of sp³-hybridized carbons (Fsp3) is 0.636. The second-order valence-corrected chi connectivity index (χ2v) is 4.75. The van der Waals surface area contributed by atoms with E-state index in [4.69, 9.17) is 0 Å². The van der Waals surface area contributed by atoms with Gasteiger partial charge in [0.25, 0.3) is 6.43 Å². The lowest BCUT2D eigenvalue weighted by molar-refractivity contribution is -0.121. The number of amides is 1. The summed E-state index contributed by atoms with van der Waals surface area (Å²) in [5.74, 6) is 0.598. The van der Waals surface area contributed by atoms with Gasteiger partial charge in [-0.1, -0.05) is 0 Å². The van der Waals surface area contributed by atoms with Crippen LogP contribution < -0.4 is 5.32 Å². The molecule has 0 spiro atoms. The molecule has 1 N–H and O–H groups in total. The summed E-state index contributed by atoms with van der Waals surface area (Å²) < 4.78 is 26.6. The SMILES string of the molecule is O=C(Cn1nc(C(F)F)cc1C1CC1)NCCS. The Hall–Kier alpha value is -1.11. The van der Waals surface area contributed by atoms with E-state index < -0.39 is 6.43 Å². The number of alkyl halides is 2. The van der Waals surface area contributed by atoms with E-state index in [9.17, 15) is 13.6 Å². The largest absolute Gasteiger partial charge is 0.354 e. The van der Waals surface area contributed by atoms with E-state index in [1.165, 1.54) is 10.7 Å². The molecule has 0 aliphatic heterocycles. The Morgan fingerprint density at radius 2 is 2.33 bits per heavy atom. The van der Waals surface area contributed by atoms with Crippen LogP contribution in [0.15, 0.2) is 6.07 Å². The van der Waals surface area contributed by atoms with Crippen LogP contribution in [0.3, 0.4) is 0 Å². The van der Waals surface area contributed by atoms with Crippen LogP contribution in [-0.4, -0.2) is 28.0 Å². The first-order valence-corrected chi connectivity index (χ1v) is 6.48. The van der Waals surface area contributed by atoms with Crippen molar-refractivity contribution in [1.29, 1.82) is 0 Å². The van der Waals surface area contributed by atoms with Crippen molar-refractivity contribution in [2.75, 3.05) is 12.3 Å². The summed E-state index contributed by atoms with van der Waals surface area (Å²) in [6, 6.07) is 1.41. The van der Waals surface area contributed by atoms with Crippen LogP contribution in [0.1, 0.15) is 36.6 Å². The van der Waals surface area contributed by atoms with Gasteiger partial charge < -0.3 is 5.32 Å². The van der Waals surface area contributed by atoms with E-state index in [-0.39, 0.29) is 24.1 Å². The lowest BCUT2D eigenvalue weighted by Gasteiger charge is -2.06. The molecule has 1 aliphatic rings. The fourth-order valence-corrected chi connectivity index (χ4v) is 1.89. The highest BCUT2D eigenvalue weighted by atomic mass is 32.1. The quantitative estimate of drug-likeness (QED) is 0.777. The number of hydrogen-bond acceptors (Lipinski definition) is 3. The molecule has 0 radical (unpaired) electrons. The van der Waals surface area contributed by atoms with E-state index >= 15 is 0 Å². The maximum absolute atomic E-state index is 12.6. The van der Waals surface area contributed by atoms with Gasteiger partial charge in [0.05, 0.1) is 0 Å². The van der Waals surface area contributed by atoms with Crippen molar-refractivity contribution in [2.45, 2.75) is 31.7 Å². The lowest BCUT2D eigenvalue weighted by Crippen LogP contribution is -2.30. The first kappa shape index (κ1) is 13.3. The van der Waals surface area contributed by atoms with Crippen molar-refractivity contribution in [3.05, 3.63) is 17.5 Å². The van der Waals surface area contributed by atoms with Crippen LogP contribution in [0.5, 0.6) is 0 Å². The monoisotopic (exact) mass is 275 g/mol. The number of carbonyl (C=O) groups is 1. The van der Waals surface area contributed by atoms with Crippen molar-refractivity contribution in [3.8, 4) is 0 Å². The molecule has 0 bridgehead atoms. The third-order valence-electron chi connectivity index (χ3n) is 2.78. The van der Waals surface area contributed by atoms with Crippen molar-refractivity contribution < 1.29 is 13.6 Å². The van der Waals surface area contributed by atoms with E-state index in [0.717, 1.165) is 18.5 Å². The number of thiol groups is 1. The third kappa shape index (κ3) is 3.22. The second kappa shape index (κ2) is 5.69. The zero-order valence-electron chi connectivity index (χ0n) is 9.77. The topological polar surface area (TPSA) is 46.9 Å². The number of rotatable bonds is 6. The standard InChI is InChI=1S/C11H15F2N3OS/c12-11(13)8-5-9(7-1-2-7)16(15-8)6-10(17)14-3-4-18/h5,7,11,18H,1-4,6H2,(H,14,17). The van der Waals surface area contributed by atoms with Crippen LogP contribution >= 0.6 is 12.6 Å². The highest BCUT2D eigenvalue weighted by Gasteiger charge is 2.30. The smallest absolute Gasteiger partial charge is 0.282 e. The molecule has 0 aromatic carbocycles. The molecule has 1 saturated carbocycles. The molecule has 0 saturated heterocycles. The van der Waals surface area contributed by atoms with Gasteiger partial charge in [-0.2, -0.15) is 17.7 Å². The molecule has 0 unspecified atom stereocenters. The molecule has 1 aromatic rings. The van der Waals surface area contributed by atoms with E-state index in [1.54, 1.807) is 0 Å². The Labute approximate surface area is 109 Å². The van der Waals surface area contributed by atoms with Gasteiger partial charge in [-0.3, -0.25) is 9.48 Å². The molecule has 1 heterocycles. The highest BCUT2D eigenvalue weighted by molar-refractivity contribution is 7.80. The minimum Gasteiger partial charge on any atom is -0.354 e. The zero-order chi connectivity index (χ0) is 13.1. The molecular weight excluding hydrogens is 260 g/mol. The van der Waals surface area contributed by atoms with Crippen LogP contribution in [0.4, 0.5) is 8.78 Å². The Kier molecular flexibility index (Phi) is 4.21. The van der Waals surface area contributed by atoms with Gasteiger partial charge in [-0.25, -0.2) is 8.78 Å². The first-order valence-electron chi connectivity index (χ1n) is 5.85. The van der Waals surface area contributed by atoms with Crippen LogP contribution in [0.25, 0.3) is 0 Å². The van der Waals surface area contributed by atoms with E-state index in [0.29, 0.717) is 12.3 Å². The molecule has 2 rings (SSSR count). The zero-order valence-corrected chi connectivity index (χ0v) is 10.7. The number of nitrogens with zero attached hydrogens (tertiary/aromatic N) is 2. The van der Waals surface area contributed by atoms with Crippen molar-refractivity contribution in [3.63, 3.8) is 0 Å². The summed E-state index contributed by atoms with van der Waals surface area (Å²) >= 11 is 3.98. The second-order valence-electron chi connectivity index (χ2n) is 4.30. The highest BCUT2D eigenvalue weighted by Crippen LogP contribution is 2.41. The average Bonchev–Trinajstić information content (AvgIpc) is 3.08. The van der Waals surface area contributed by atoms with Gasteiger partial charge in [0, 0.05) is 23.9 Å². The van der Waals surface area contributed by atoms with Gasteiger partial charge in [-0.05, 0) is 18.9 Å². The third-order valence-corrected chi connectivity index (χ3v) is 3.00. The molecule has 0 atom stereocenters. The number of halogens is 2. The number of aromatic nitrogens is 2. The van der Waals surface area contributed by atoms with Crippen LogP contribution in [0, 0.1) is 0 Å². The van der Waals surface area contributed by atoms with Gasteiger partial charge in [0.15, 0.2) is 0 Å². The number of nitrogens with one attached hydrogen (secondary N) is 1. The van der Waals surface area contributed by atoms with Gasteiger partial charge in [-0.15, -0.1) is 0 Å². The van der Waals surface area contributed by atoms with E-state index in [2.05, 4.69) is 23.0 Å². The minimum absolute atomic E-state index is 0.00761. The van der Waals surface area contributed by atoms with Gasteiger partial charge in [0.2, 0.25) is 5.91 Å². The summed E-state index contributed by atoms with van der Waals surface area (Å²) in [5, 5.41) is 6.45. The summed E-state index contributed by atoms with van der Waals surface area (Å²) in [5.41, 5.74) is 0.491.